The van der Waals surface area contributed by atoms with Crippen molar-refractivity contribution in [2.45, 2.75) is 13.0 Å². The number of esters is 1. The van der Waals surface area contributed by atoms with Crippen molar-refractivity contribution in [3.8, 4) is 11.5 Å². The van der Waals surface area contributed by atoms with Gasteiger partial charge in [-0.15, -0.1) is 0 Å². The van der Waals surface area contributed by atoms with Crippen LogP contribution in [0.2, 0.25) is 0 Å². The van der Waals surface area contributed by atoms with Crippen molar-refractivity contribution in [2.75, 3.05) is 13.7 Å². The summed E-state index contributed by atoms with van der Waals surface area (Å²) in [6.45, 7) is 0.846. The zero-order valence-electron chi connectivity index (χ0n) is 9.06. The largest absolute Gasteiger partial charge is 0.504 e. The molecule has 0 heterocycles. The lowest BCUT2D eigenvalue weighted by Gasteiger charge is -2.07. The standard InChI is InChI=1S/C11H15NO4/c1-16-10(14)5-6-12-7-8-3-2-4-9(13)11(8)15/h2-4,12-13,15H,5-7H2,1H3. The molecule has 3 N–H and O–H groups in total. The van der Waals surface area contributed by atoms with Gasteiger partial charge in [-0.05, 0) is 6.07 Å². The first-order chi connectivity index (χ1) is 7.65. The van der Waals surface area contributed by atoms with E-state index in [1.807, 2.05) is 0 Å². The molecule has 0 unspecified atom stereocenters. The lowest BCUT2D eigenvalue weighted by atomic mass is 10.2. The Morgan fingerprint density at radius 2 is 2.19 bits per heavy atom. The van der Waals surface area contributed by atoms with Gasteiger partial charge >= 0.3 is 5.97 Å². The smallest absolute Gasteiger partial charge is 0.306 e. The first kappa shape index (κ1) is 12.3. The number of para-hydroxylation sites is 1. The Bertz CT molecular complexity index is 365. The topological polar surface area (TPSA) is 78.8 Å². The molecule has 5 nitrogen and oxygen atoms in total. The number of aromatic hydroxyl groups is 2. The summed E-state index contributed by atoms with van der Waals surface area (Å²) in [4.78, 5) is 10.8. The Kier molecular flexibility index (Phi) is 4.60. The second-order valence-electron chi connectivity index (χ2n) is 3.29. The third kappa shape index (κ3) is 3.43. The van der Waals surface area contributed by atoms with Gasteiger partial charge in [0.25, 0.3) is 0 Å². The summed E-state index contributed by atoms with van der Waals surface area (Å²) in [7, 11) is 1.34. The lowest BCUT2D eigenvalue weighted by molar-refractivity contribution is -0.140. The molecule has 0 amide bonds. The maximum atomic E-state index is 10.8. The summed E-state index contributed by atoms with van der Waals surface area (Å²) in [6, 6.07) is 4.75. The van der Waals surface area contributed by atoms with E-state index < -0.39 is 0 Å². The van der Waals surface area contributed by atoms with Crippen LogP contribution in [0.25, 0.3) is 0 Å². The molecular weight excluding hydrogens is 210 g/mol. The average Bonchev–Trinajstić information content (AvgIpc) is 2.29. The Balaban J connectivity index is 2.38. The highest BCUT2D eigenvalue weighted by Gasteiger charge is 2.05. The lowest BCUT2D eigenvalue weighted by Crippen LogP contribution is -2.18. The molecule has 0 saturated heterocycles. The van der Waals surface area contributed by atoms with Crippen LogP contribution in [0, 0.1) is 0 Å². The number of hydrogen-bond acceptors (Lipinski definition) is 5. The quantitative estimate of drug-likeness (QED) is 0.391. The number of hydrogen-bond donors (Lipinski definition) is 3. The molecule has 5 heteroatoms. The summed E-state index contributed by atoms with van der Waals surface area (Å²) in [5.74, 6) is -0.562. The third-order valence-corrected chi connectivity index (χ3v) is 2.15. The number of benzene rings is 1. The van der Waals surface area contributed by atoms with Crippen molar-refractivity contribution in [3.05, 3.63) is 23.8 Å². The Hall–Kier alpha value is -1.75. The van der Waals surface area contributed by atoms with Crippen LogP contribution in [-0.4, -0.2) is 29.8 Å². The van der Waals surface area contributed by atoms with Gasteiger partial charge in [-0.2, -0.15) is 0 Å². The van der Waals surface area contributed by atoms with Gasteiger partial charge in [0.15, 0.2) is 11.5 Å². The van der Waals surface area contributed by atoms with Gasteiger partial charge in [0.1, 0.15) is 0 Å². The van der Waals surface area contributed by atoms with Crippen molar-refractivity contribution in [3.63, 3.8) is 0 Å². The van der Waals surface area contributed by atoms with E-state index in [1.165, 1.54) is 13.2 Å². The fraction of sp³-hybridized carbons (Fsp3) is 0.364. The van der Waals surface area contributed by atoms with Crippen LogP contribution in [0.1, 0.15) is 12.0 Å². The molecule has 0 spiro atoms. The molecule has 0 aliphatic rings. The molecule has 0 aliphatic carbocycles. The van der Waals surface area contributed by atoms with Crippen molar-refractivity contribution in [1.82, 2.24) is 5.32 Å². The van der Waals surface area contributed by atoms with Gasteiger partial charge in [-0.25, -0.2) is 0 Å². The number of rotatable bonds is 5. The minimum absolute atomic E-state index is 0.131. The highest BCUT2D eigenvalue weighted by Crippen LogP contribution is 2.27. The summed E-state index contributed by atoms with van der Waals surface area (Å²) >= 11 is 0. The summed E-state index contributed by atoms with van der Waals surface area (Å²) in [6.07, 6.45) is 0.274. The van der Waals surface area contributed by atoms with Crippen LogP contribution in [0.15, 0.2) is 18.2 Å². The highest BCUT2D eigenvalue weighted by atomic mass is 16.5. The fourth-order valence-electron chi connectivity index (χ4n) is 1.24. The molecule has 0 fully saturated rings. The predicted octanol–water partition coefficient (Wildman–Crippen LogP) is 0.750. The van der Waals surface area contributed by atoms with Crippen molar-refractivity contribution in [2.24, 2.45) is 0 Å². The van der Waals surface area contributed by atoms with Crippen LogP contribution in [0.5, 0.6) is 11.5 Å². The van der Waals surface area contributed by atoms with Crippen LogP contribution in [0.3, 0.4) is 0 Å². The van der Waals surface area contributed by atoms with Crippen molar-refractivity contribution in [1.29, 1.82) is 0 Å². The maximum absolute atomic E-state index is 10.8. The molecule has 0 aliphatic heterocycles. The number of methoxy groups -OCH3 is 1. The monoisotopic (exact) mass is 225 g/mol. The van der Waals surface area contributed by atoms with Crippen molar-refractivity contribution < 1.29 is 19.7 Å². The third-order valence-electron chi connectivity index (χ3n) is 2.15. The second kappa shape index (κ2) is 5.97. The minimum atomic E-state index is -0.285. The van der Waals surface area contributed by atoms with E-state index in [9.17, 15) is 15.0 Å². The first-order valence-corrected chi connectivity index (χ1v) is 4.92. The van der Waals surface area contributed by atoms with Gasteiger partial charge in [0.2, 0.25) is 0 Å². The fourth-order valence-corrected chi connectivity index (χ4v) is 1.24. The normalized spacial score (nSPS) is 10.1. The molecule has 0 bridgehead atoms. The number of nitrogens with one attached hydrogen (secondary N) is 1. The van der Waals surface area contributed by atoms with E-state index in [4.69, 9.17) is 0 Å². The van der Waals surface area contributed by atoms with E-state index >= 15 is 0 Å². The van der Waals surface area contributed by atoms with Gasteiger partial charge in [0.05, 0.1) is 13.5 Å². The average molecular weight is 225 g/mol. The summed E-state index contributed by atoms with van der Waals surface area (Å²) < 4.78 is 4.48. The van der Waals surface area contributed by atoms with Crippen LogP contribution in [-0.2, 0) is 16.1 Å². The van der Waals surface area contributed by atoms with Crippen molar-refractivity contribution >= 4 is 5.97 Å². The van der Waals surface area contributed by atoms with E-state index in [1.54, 1.807) is 12.1 Å². The molecule has 1 aromatic carbocycles. The van der Waals surface area contributed by atoms with Gasteiger partial charge in [-0.3, -0.25) is 4.79 Å². The molecule has 16 heavy (non-hydrogen) atoms. The summed E-state index contributed by atoms with van der Waals surface area (Å²) in [5, 5.41) is 21.7. The number of carbonyl (C=O) groups excluding carboxylic acids is 1. The highest BCUT2D eigenvalue weighted by molar-refractivity contribution is 5.69. The number of ether oxygens (including phenoxy) is 1. The molecule has 88 valence electrons. The maximum Gasteiger partial charge on any atom is 0.306 e. The van der Waals surface area contributed by atoms with E-state index in [2.05, 4.69) is 10.1 Å². The SMILES string of the molecule is COC(=O)CCNCc1cccc(O)c1O. The predicted molar refractivity (Wildman–Crippen MR) is 58.1 cm³/mol. The molecule has 0 radical (unpaired) electrons. The van der Waals surface area contributed by atoms with E-state index in [-0.39, 0.29) is 23.9 Å². The molecular formula is C11H15NO4. The van der Waals surface area contributed by atoms with Gasteiger partial charge < -0.3 is 20.3 Å². The second-order valence-corrected chi connectivity index (χ2v) is 3.29. The van der Waals surface area contributed by atoms with Crippen LogP contribution < -0.4 is 5.32 Å². The molecule has 0 saturated carbocycles. The Morgan fingerprint density at radius 3 is 2.88 bits per heavy atom. The molecule has 1 rings (SSSR count). The molecule has 1 aromatic rings. The van der Waals surface area contributed by atoms with Gasteiger partial charge in [0, 0.05) is 18.7 Å². The molecule has 0 aromatic heterocycles. The number of carbonyl (C=O) groups is 1. The molecule has 0 atom stereocenters. The van der Waals surface area contributed by atoms with Gasteiger partial charge in [-0.1, -0.05) is 12.1 Å². The summed E-state index contributed by atoms with van der Waals surface area (Å²) in [5.41, 5.74) is 0.588. The van der Waals surface area contributed by atoms with Crippen LogP contribution >= 0.6 is 0 Å². The Morgan fingerprint density at radius 1 is 1.44 bits per heavy atom. The zero-order chi connectivity index (χ0) is 12.0. The van der Waals surface area contributed by atoms with E-state index in [0.29, 0.717) is 18.7 Å². The Labute approximate surface area is 93.7 Å². The number of phenols is 2. The van der Waals surface area contributed by atoms with Crippen LogP contribution in [0.4, 0.5) is 0 Å². The minimum Gasteiger partial charge on any atom is -0.504 e. The number of phenolic OH excluding ortho intramolecular Hbond substituents is 2. The zero-order valence-corrected chi connectivity index (χ0v) is 9.06. The first-order valence-electron chi connectivity index (χ1n) is 4.92. The van der Waals surface area contributed by atoms with E-state index in [0.717, 1.165) is 0 Å².